The fraction of sp³-hybridized carbons (Fsp3) is 1.00. The minimum atomic E-state index is 0.833. The molecule has 2 rings (SSSR count). The van der Waals surface area contributed by atoms with E-state index in [-0.39, 0.29) is 0 Å². The topological polar surface area (TPSA) is 0 Å². The molecular formula is C13H23Br. The molecule has 0 aromatic heterocycles. The summed E-state index contributed by atoms with van der Waals surface area (Å²) in [6.45, 7) is 4.90. The highest BCUT2D eigenvalue weighted by molar-refractivity contribution is 9.09. The van der Waals surface area contributed by atoms with Crippen LogP contribution in [0.5, 0.6) is 0 Å². The molecule has 0 amide bonds. The Balaban J connectivity index is 1.90. The molecule has 4 unspecified atom stereocenters. The van der Waals surface area contributed by atoms with Gasteiger partial charge in [-0.05, 0) is 62.2 Å². The first-order valence-corrected chi connectivity index (χ1v) is 7.20. The van der Waals surface area contributed by atoms with E-state index in [0.29, 0.717) is 0 Å². The van der Waals surface area contributed by atoms with Crippen LogP contribution in [0, 0.1) is 23.7 Å². The van der Waals surface area contributed by atoms with Crippen LogP contribution in [-0.4, -0.2) is 4.83 Å². The predicted octanol–water partition coefficient (Wildman–Crippen LogP) is 4.62. The fourth-order valence-corrected chi connectivity index (χ4v) is 4.53. The van der Waals surface area contributed by atoms with Gasteiger partial charge >= 0.3 is 0 Å². The summed E-state index contributed by atoms with van der Waals surface area (Å²) in [7, 11) is 0. The van der Waals surface area contributed by atoms with Gasteiger partial charge in [-0.3, -0.25) is 0 Å². The van der Waals surface area contributed by atoms with E-state index in [2.05, 4.69) is 29.8 Å². The lowest BCUT2D eigenvalue weighted by molar-refractivity contribution is 0.162. The highest BCUT2D eigenvalue weighted by atomic mass is 79.9. The maximum atomic E-state index is 3.78. The molecule has 0 aliphatic heterocycles. The van der Waals surface area contributed by atoms with Crippen LogP contribution in [0.25, 0.3) is 0 Å². The van der Waals surface area contributed by atoms with Crippen molar-refractivity contribution in [3.05, 3.63) is 0 Å². The van der Waals surface area contributed by atoms with Gasteiger partial charge in [-0.15, -0.1) is 0 Å². The van der Waals surface area contributed by atoms with E-state index >= 15 is 0 Å². The van der Waals surface area contributed by atoms with Crippen LogP contribution in [0.3, 0.4) is 0 Å². The van der Waals surface area contributed by atoms with Gasteiger partial charge in [-0.2, -0.15) is 0 Å². The standard InChI is InChI=1S/C13H23Br/c1-9-5-10(2)7-12(6-9)11-3-4-13(14)8-11/h9-13H,3-8H2,1-2H3. The molecule has 0 nitrogen and oxygen atoms in total. The van der Waals surface area contributed by atoms with E-state index in [0.717, 1.165) is 28.5 Å². The van der Waals surface area contributed by atoms with Crippen molar-refractivity contribution in [1.82, 2.24) is 0 Å². The number of hydrogen-bond acceptors (Lipinski definition) is 0. The monoisotopic (exact) mass is 258 g/mol. The normalized spacial score (nSPS) is 49.5. The molecule has 2 saturated carbocycles. The molecule has 0 N–H and O–H groups in total. The summed E-state index contributed by atoms with van der Waals surface area (Å²) in [5.74, 6) is 4.07. The molecule has 2 fully saturated rings. The molecule has 2 aliphatic carbocycles. The van der Waals surface area contributed by atoms with Gasteiger partial charge in [0.15, 0.2) is 0 Å². The zero-order valence-corrected chi connectivity index (χ0v) is 11.1. The largest absolute Gasteiger partial charge is 0.0891 e. The Morgan fingerprint density at radius 3 is 1.93 bits per heavy atom. The SMILES string of the molecule is CC1CC(C)CC(C2CCC(Br)C2)C1. The third-order valence-electron chi connectivity index (χ3n) is 4.29. The summed E-state index contributed by atoms with van der Waals surface area (Å²) in [5, 5.41) is 0. The fourth-order valence-electron chi connectivity index (χ4n) is 3.78. The molecule has 4 atom stereocenters. The molecule has 0 aromatic carbocycles. The van der Waals surface area contributed by atoms with Gasteiger partial charge in [0.05, 0.1) is 0 Å². The molecule has 1 heteroatoms. The van der Waals surface area contributed by atoms with E-state index in [4.69, 9.17) is 0 Å². The lowest BCUT2D eigenvalue weighted by atomic mass is 9.71. The Morgan fingerprint density at radius 2 is 1.43 bits per heavy atom. The van der Waals surface area contributed by atoms with E-state index in [1.807, 2.05) is 0 Å². The molecule has 14 heavy (non-hydrogen) atoms. The van der Waals surface area contributed by atoms with Crippen LogP contribution in [-0.2, 0) is 0 Å². The van der Waals surface area contributed by atoms with Crippen molar-refractivity contribution in [2.45, 2.75) is 57.2 Å². The number of rotatable bonds is 1. The summed E-state index contributed by atoms with van der Waals surface area (Å²) in [6, 6.07) is 0. The second-order valence-electron chi connectivity index (χ2n) is 5.85. The zero-order valence-electron chi connectivity index (χ0n) is 9.51. The first-order chi connectivity index (χ1) is 6.65. The first kappa shape index (κ1) is 11.0. The van der Waals surface area contributed by atoms with Crippen molar-refractivity contribution < 1.29 is 0 Å². The molecule has 0 saturated heterocycles. The van der Waals surface area contributed by atoms with Crippen LogP contribution in [0.4, 0.5) is 0 Å². The third kappa shape index (κ3) is 2.53. The van der Waals surface area contributed by atoms with Crippen LogP contribution in [0.15, 0.2) is 0 Å². The number of alkyl halides is 1. The van der Waals surface area contributed by atoms with Crippen molar-refractivity contribution >= 4 is 15.9 Å². The maximum Gasteiger partial charge on any atom is 0.0148 e. The Morgan fingerprint density at radius 1 is 0.786 bits per heavy atom. The molecular weight excluding hydrogens is 236 g/mol. The van der Waals surface area contributed by atoms with Crippen molar-refractivity contribution in [2.75, 3.05) is 0 Å². The third-order valence-corrected chi connectivity index (χ3v) is 5.12. The summed E-state index contributed by atoms with van der Waals surface area (Å²) in [5.41, 5.74) is 0. The van der Waals surface area contributed by atoms with Crippen molar-refractivity contribution in [3.8, 4) is 0 Å². The molecule has 0 spiro atoms. The lowest BCUT2D eigenvalue weighted by Crippen LogP contribution is -2.24. The van der Waals surface area contributed by atoms with Gasteiger partial charge in [0.25, 0.3) is 0 Å². The quantitative estimate of drug-likeness (QED) is 0.602. The molecule has 0 bridgehead atoms. The highest BCUT2D eigenvalue weighted by Gasteiger charge is 2.33. The highest BCUT2D eigenvalue weighted by Crippen LogP contribution is 2.44. The van der Waals surface area contributed by atoms with Crippen molar-refractivity contribution in [3.63, 3.8) is 0 Å². The van der Waals surface area contributed by atoms with E-state index < -0.39 is 0 Å². The van der Waals surface area contributed by atoms with Crippen molar-refractivity contribution in [2.24, 2.45) is 23.7 Å². The van der Waals surface area contributed by atoms with Crippen LogP contribution in [0.1, 0.15) is 52.4 Å². The molecule has 0 aromatic rings. The number of hydrogen-bond donors (Lipinski definition) is 0. The smallest absolute Gasteiger partial charge is 0.0148 e. The van der Waals surface area contributed by atoms with Gasteiger partial charge in [0.2, 0.25) is 0 Å². The summed E-state index contributed by atoms with van der Waals surface area (Å²) in [4.78, 5) is 0.833. The maximum absolute atomic E-state index is 3.78. The van der Waals surface area contributed by atoms with Gasteiger partial charge in [0, 0.05) is 4.83 Å². The van der Waals surface area contributed by atoms with E-state index in [1.54, 1.807) is 0 Å². The van der Waals surface area contributed by atoms with E-state index in [9.17, 15) is 0 Å². The van der Waals surface area contributed by atoms with Crippen LogP contribution >= 0.6 is 15.9 Å². The Labute approximate surface area is 97.0 Å². The second kappa shape index (κ2) is 4.55. The average Bonchev–Trinajstić information content (AvgIpc) is 2.50. The Bertz CT molecular complexity index is 180. The van der Waals surface area contributed by atoms with Crippen LogP contribution < -0.4 is 0 Å². The summed E-state index contributed by atoms with van der Waals surface area (Å²) < 4.78 is 0. The first-order valence-electron chi connectivity index (χ1n) is 6.29. The Kier molecular flexibility index (Phi) is 3.57. The minimum absolute atomic E-state index is 0.833. The van der Waals surface area contributed by atoms with Gasteiger partial charge in [-0.25, -0.2) is 0 Å². The zero-order chi connectivity index (χ0) is 10.1. The summed E-state index contributed by atoms with van der Waals surface area (Å²) >= 11 is 3.78. The number of halogens is 1. The molecule has 0 radical (unpaired) electrons. The predicted molar refractivity (Wildman–Crippen MR) is 65.7 cm³/mol. The Hall–Kier alpha value is 0.480. The molecule has 2 aliphatic rings. The van der Waals surface area contributed by atoms with Gasteiger partial charge in [-0.1, -0.05) is 29.8 Å². The molecule has 0 heterocycles. The van der Waals surface area contributed by atoms with Crippen molar-refractivity contribution in [1.29, 1.82) is 0 Å². The minimum Gasteiger partial charge on any atom is -0.0891 e. The van der Waals surface area contributed by atoms with Crippen LogP contribution in [0.2, 0.25) is 0 Å². The average molecular weight is 259 g/mol. The second-order valence-corrected chi connectivity index (χ2v) is 7.14. The molecule has 82 valence electrons. The summed E-state index contributed by atoms with van der Waals surface area (Å²) in [6.07, 6.45) is 8.85. The van der Waals surface area contributed by atoms with Gasteiger partial charge < -0.3 is 0 Å². The van der Waals surface area contributed by atoms with E-state index in [1.165, 1.54) is 38.5 Å². The lowest BCUT2D eigenvalue weighted by Gasteiger charge is -2.35. The van der Waals surface area contributed by atoms with Gasteiger partial charge in [0.1, 0.15) is 0 Å².